The molecule has 0 aromatic rings. The first-order valence-corrected chi connectivity index (χ1v) is 10.0. The number of nitrogens with one attached hydrogen (secondary N) is 1. The van der Waals surface area contributed by atoms with Crippen LogP contribution in [0.25, 0.3) is 0 Å². The molecule has 8 nitrogen and oxygen atoms in total. The molecule has 0 bridgehead atoms. The molecule has 0 radical (unpaired) electrons. The van der Waals surface area contributed by atoms with Crippen LogP contribution < -0.4 is 5.32 Å². The van der Waals surface area contributed by atoms with Crippen LogP contribution in [0.5, 0.6) is 0 Å². The summed E-state index contributed by atoms with van der Waals surface area (Å²) in [6.45, 7) is 8.60. The average Bonchev–Trinajstić information content (AvgIpc) is 2.70. The molecule has 0 aromatic heterocycles. The van der Waals surface area contributed by atoms with Crippen LogP contribution in [0.1, 0.15) is 33.1 Å². The molecule has 0 spiro atoms. The number of ether oxygens (including phenoxy) is 1. The van der Waals surface area contributed by atoms with Crippen LogP contribution in [0.4, 0.5) is 0 Å². The molecule has 0 aromatic carbocycles. The number of hydrogen-bond acceptors (Lipinski definition) is 4. The summed E-state index contributed by atoms with van der Waals surface area (Å²) in [6.07, 6.45) is 2.62. The average molecular weight is 382 g/mol. The van der Waals surface area contributed by atoms with Crippen molar-refractivity contribution in [3.05, 3.63) is 0 Å². The molecule has 8 heteroatoms. The number of hydrogen-bond donors (Lipinski definition) is 1. The molecule has 2 amide bonds. The van der Waals surface area contributed by atoms with Gasteiger partial charge in [-0.1, -0.05) is 6.92 Å². The zero-order valence-corrected chi connectivity index (χ0v) is 17.2. The second kappa shape index (κ2) is 10.5. The van der Waals surface area contributed by atoms with Crippen molar-refractivity contribution in [1.29, 1.82) is 0 Å². The van der Waals surface area contributed by atoms with E-state index < -0.39 is 0 Å². The van der Waals surface area contributed by atoms with Gasteiger partial charge in [-0.25, -0.2) is 4.99 Å². The van der Waals surface area contributed by atoms with Crippen molar-refractivity contribution in [3.8, 4) is 0 Å². The van der Waals surface area contributed by atoms with Crippen molar-refractivity contribution in [2.45, 2.75) is 39.2 Å². The minimum Gasteiger partial charge on any atom is -0.378 e. The molecule has 2 aliphatic rings. The molecule has 1 N–H and O–H groups in total. The first-order chi connectivity index (χ1) is 12.9. The van der Waals surface area contributed by atoms with Crippen LogP contribution in [0.3, 0.4) is 0 Å². The van der Waals surface area contributed by atoms with E-state index in [1.807, 2.05) is 4.90 Å². The molecule has 2 heterocycles. The minimum absolute atomic E-state index is 0.0177. The summed E-state index contributed by atoms with van der Waals surface area (Å²) in [7, 11) is 3.48. The van der Waals surface area contributed by atoms with Gasteiger partial charge in [-0.15, -0.1) is 0 Å². The second-order valence-electron chi connectivity index (χ2n) is 7.58. The van der Waals surface area contributed by atoms with Crippen molar-refractivity contribution < 1.29 is 14.3 Å². The third-order valence-corrected chi connectivity index (χ3v) is 5.32. The van der Waals surface area contributed by atoms with Gasteiger partial charge in [0.05, 0.1) is 13.2 Å². The standard InChI is InChI=1S/C19H35N5O3/c1-5-15(2)21-19(20-14-17(25)22(3)4)24-8-6-16(7-9-24)18(26)23-10-12-27-13-11-23/h15-16H,5-14H2,1-4H3,(H,20,21). The SMILES string of the molecule is CCC(C)NC(=NCC(=O)N(C)C)N1CCC(C(=O)N2CCOCC2)CC1. The van der Waals surface area contributed by atoms with Gasteiger partial charge in [-0.2, -0.15) is 0 Å². The lowest BCUT2D eigenvalue weighted by atomic mass is 9.95. The fourth-order valence-corrected chi connectivity index (χ4v) is 3.22. The number of likely N-dealkylation sites (N-methyl/N-ethyl adjacent to an activating group) is 1. The molecular formula is C19H35N5O3. The molecule has 2 fully saturated rings. The first kappa shape index (κ1) is 21.5. The number of rotatable bonds is 5. The Morgan fingerprint density at radius 2 is 1.78 bits per heavy atom. The quantitative estimate of drug-likeness (QED) is 0.551. The van der Waals surface area contributed by atoms with Gasteiger partial charge in [-0.05, 0) is 26.2 Å². The maximum atomic E-state index is 12.7. The van der Waals surface area contributed by atoms with Gasteiger partial charge in [-0.3, -0.25) is 9.59 Å². The van der Waals surface area contributed by atoms with Crippen molar-refractivity contribution in [1.82, 2.24) is 20.0 Å². The van der Waals surface area contributed by atoms with E-state index in [9.17, 15) is 9.59 Å². The van der Waals surface area contributed by atoms with E-state index in [0.29, 0.717) is 26.3 Å². The predicted octanol–water partition coefficient (Wildman–Crippen LogP) is 0.390. The van der Waals surface area contributed by atoms with Crippen molar-refractivity contribution in [2.24, 2.45) is 10.9 Å². The zero-order chi connectivity index (χ0) is 19.8. The summed E-state index contributed by atoms with van der Waals surface area (Å²) in [5.41, 5.74) is 0. The highest BCUT2D eigenvalue weighted by Crippen LogP contribution is 2.20. The largest absolute Gasteiger partial charge is 0.378 e. The van der Waals surface area contributed by atoms with E-state index in [4.69, 9.17) is 4.74 Å². The highest BCUT2D eigenvalue weighted by atomic mass is 16.5. The Bertz CT molecular complexity index is 523. The minimum atomic E-state index is -0.0177. The first-order valence-electron chi connectivity index (χ1n) is 10.0. The third kappa shape index (κ3) is 6.37. The van der Waals surface area contributed by atoms with E-state index in [0.717, 1.165) is 38.3 Å². The molecule has 1 unspecified atom stereocenters. The Kier molecular flexibility index (Phi) is 8.34. The molecule has 1 atom stereocenters. The van der Waals surface area contributed by atoms with Gasteiger partial charge in [0, 0.05) is 52.2 Å². The molecule has 2 rings (SSSR count). The van der Waals surface area contributed by atoms with Gasteiger partial charge in [0.15, 0.2) is 5.96 Å². The summed E-state index contributed by atoms with van der Waals surface area (Å²) in [6, 6.07) is 0.283. The highest BCUT2D eigenvalue weighted by molar-refractivity contribution is 5.85. The van der Waals surface area contributed by atoms with E-state index in [-0.39, 0.29) is 30.3 Å². The molecule has 2 aliphatic heterocycles. The predicted molar refractivity (Wildman–Crippen MR) is 106 cm³/mol. The van der Waals surface area contributed by atoms with Crippen LogP contribution in [0.15, 0.2) is 4.99 Å². The number of amides is 2. The Morgan fingerprint density at radius 3 is 2.33 bits per heavy atom. The zero-order valence-electron chi connectivity index (χ0n) is 17.2. The van der Waals surface area contributed by atoms with Gasteiger partial charge in [0.2, 0.25) is 11.8 Å². The number of carbonyl (C=O) groups is 2. The molecule has 0 saturated carbocycles. The smallest absolute Gasteiger partial charge is 0.243 e. The maximum absolute atomic E-state index is 12.7. The lowest BCUT2D eigenvalue weighted by molar-refractivity contribution is -0.140. The fourth-order valence-electron chi connectivity index (χ4n) is 3.22. The summed E-state index contributed by atoms with van der Waals surface area (Å²) in [5, 5.41) is 3.43. The van der Waals surface area contributed by atoms with Crippen LogP contribution in [0, 0.1) is 5.92 Å². The van der Waals surface area contributed by atoms with E-state index in [1.54, 1.807) is 19.0 Å². The van der Waals surface area contributed by atoms with Crippen LogP contribution in [0.2, 0.25) is 0 Å². The fraction of sp³-hybridized carbons (Fsp3) is 0.842. The number of likely N-dealkylation sites (tertiary alicyclic amines) is 1. The number of nitrogens with zero attached hydrogens (tertiary/aromatic N) is 4. The Hall–Kier alpha value is -1.83. The van der Waals surface area contributed by atoms with Gasteiger partial charge in [0.1, 0.15) is 6.54 Å². The molecule has 27 heavy (non-hydrogen) atoms. The maximum Gasteiger partial charge on any atom is 0.243 e. The van der Waals surface area contributed by atoms with Crippen LogP contribution in [-0.2, 0) is 14.3 Å². The van der Waals surface area contributed by atoms with E-state index in [2.05, 4.69) is 29.1 Å². The Balaban J connectivity index is 1.94. The van der Waals surface area contributed by atoms with E-state index >= 15 is 0 Å². The van der Waals surface area contributed by atoms with Gasteiger partial charge >= 0.3 is 0 Å². The Labute approximate surface area is 162 Å². The molecule has 0 aliphatic carbocycles. The van der Waals surface area contributed by atoms with Crippen LogP contribution in [-0.4, -0.2) is 98.5 Å². The summed E-state index contributed by atoms with van der Waals surface area (Å²) < 4.78 is 5.34. The third-order valence-electron chi connectivity index (χ3n) is 5.32. The molecule has 154 valence electrons. The normalized spacial score (nSPS) is 20.4. The lowest BCUT2D eigenvalue weighted by Gasteiger charge is -2.37. The monoisotopic (exact) mass is 381 g/mol. The topological polar surface area (TPSA) is 77.5 Å². The lowest BCUT2D eigenvalue weighted by Crippen LogP contribution is -2.51. The number of carbonyl (C=O) groups excluding carboxylic acids is 2. The van der Waals surface area contributed by atoms with Crippen molar-refractivity contribution in [3.63, 3.8) is 0 Å². The van der Waals surface area contributed by atoms with Crippen molar-refractivity contribution in [2.75, 3.05) is 60.0 Å². The molecular weight excluding hydrogens is 346 g/mol. The van der Waals surface area contributed by atoms with Gasteiger partial charge in [0.25, 0.3) is 0 Å². The summed E-state index contributed by atoms with van der Waals surface area (Å²) >= 11 is 0. The second-order valence-corrected chi connectivity index (χ2v) is 7.58. The summed E-state index contributed by atoms with van der Waals surface area (Å²) in [4.78, 5) is 34.8. The number of guanidine groups is 1. The van der Waals surface area contributed by atoms with Crippen molar-refractivity contribution >= 4 is 17.8 Å². The molecule has 2 saturated heterocycles. The summed E-state index contributed by atoms with van der Waals surface area (Å²) in [5.74, 6) is 1.09. The van der Waals surface area contributed by atoms with E-state index in [1.165, 1.54) is 0 Å². The number of morpholine rings is 1. The number of aliphatic imine (C=N–C) groups is 1. The van der Waals surface area contributed by atoms with Crippen LogP contribution >= 0.6 is 0 Å². The van der Waals surface area contributed by atoms with Gasteiger partial charge < -0.3 is 24.8 Å². The Morgan fingerprint density at radius 1 is 1.15 bits per heavy atom. The number of piperidine rings is 1. The highest BCUT2D eigenvalue weighted by Gasteiger charge is 2.30.